The van der Waals surface area contributed by atoms with Crippen molar-refractivity contribution in [1.82, 2.24) is 5.32 Å². The molecular weight excluding hydrogens is 358 g/mol. The van der Waals surface area contributed by atoms with Gasteiger partial charge in [0.1, 0.15) is 5.84 Å². The molecule has 1 heterocycles. The third-order valence-corrected chi connectivity index (χ3v) is 5.36. The van der Waals surface area contributed by atoms with Gasteiger partial charge in [-0.25, -0.2) is 0 Å². The van der Waals surface area contributed by atoms with Crippen LogP contribution in [0.4, 0.5) is 0 Å². The van der Waals surface area contributed by atoms with Crippen molar-refractivity contribution in [1.29, 1.82) is 5.41 Å². The van der Waals surface area contributed by atoms with Gasteiger partial charge in [-0.15, -0.1) is 0 Å². The first-order valence-corrected chi connectivity index (χ1v) is 9.80. The van der Waals surface area contributed by atoms with Gasteiger partial charge in [0, 0.05) is 28.8 Å². The van der Waals surface area contributed by atoms with Crippen molar-refractivity contribution in [3.05, 3.63) is 35.8 Å². The Hall–Kier alpha value is -2.83. The number of hydrogen-bond acceptors (Lipinski definition) is 5. The molecule has 1 amide bonds. The van der Waals surface area contributed by atoms with Crippen LogP contribution in [0.5, 0.6) is 0 Å². The Balaban J connectivity index is 1.53. The highest BCUT2D eigenvalue weighted by molar-refractivity contribution is 6.07. The van der Waals surface area contributed by atoms with E-state index in [4.69, 9.17) is 20.3 Å². The second kappa shape index (κ2) is 8.91. The van der Waals surface area contributed by atoms with Crippen molar-refractivity contribution in [3.8, 4) is 0 Å². The van der Waals surface area contributed by atoms with Gasteiger partial charge in [-0.3, -0.25) is 15.0 Å². The Labute approximate surface area is 164 Å². The minimum absolute atomic E-state index is 0.0196. The molecular formula is C21H27N3O4. The smallest absolute Gasteiger partial charge is 0.305 e. The van der Waals surface area contributed by atoms with E-state index in [1.54, 1.807) is 18.2 Å². The fourth-order valence-corrected chi connectivity index (χ4v) is 3.80. The fourth-order valence-electron chi connectivity index (χ4n) is 3.80. The zero-order chi connectivity index (χ0) is 20.1. The fraction of sp³-hybridized carbons (Fsp3) is 0.476. The predicted molar refractivity (Wildman–Crippen MR) is 106 cm³/mol. The van der Waals surface area contributed by atoms with Crippen molar-refractivity contribution < 1.29 is 18.7 Å². The van der Waals surface area contributed by atoms with Crippen LogP contribution in [0.2, 0.25) is 0 Å². The number of nitrogens with two attached hydrogens (primary N) is 1. The molecule has 150 valence electrons. The van der Waals surface area contributed by atoms with E-state index in [1.807, 2.05) is 6.92 Å². The molecule has 28 heavy (non-hydrogen) atoms. The number of amides is 1. The molecule has 0 atom stereocenters. The summed E-state index contributed by atoms with van der Waals surface area (Å²) in [6, 6.07) is 5.33. The number of esters is 1. The molecule has 1 fully saturated rings. The third-order valence-electron chi connectivity index (χ3n) is 5.36. The Morgan fingerprint density at radius 2 is 2.04 bits per heavy atom. The summed E-state index contributed by atoms with van der Waals surface area (Å²) in [4.78, 5) is 24.1. The van der Waals surface area contributed by atoms with Crippen LogP contribution in [0.25, 0.3) is 10.8 Å². The van der Waals surface area contributed by atoms with Gasteiger partial charge >= 0.3 is 5.97 Å². The number of amidine groups is 1. The summed E-state index contributed by atoms with van der Waals surface area (Å²) in [5.41, 5.74) is 6.11. The first-order valence-electron chi connectivity index (χ1n) is 9.80. The summed E-state index contributed by atoms with van der Waals surface area (Å²) < 4.78 is 10.5. The molecule has 0 bridgehead atoms. The maximum atomic E-state index is 12.6. The summed E-state index contributed by atoms with van der Waals surface area (Å²) in [5, 5.41) is 12.0. The van der Waals surface area contributed by atoms with Crippen LogP contribution in [-0.4, -0.2) is 30.4 Å². The zero-order valence-electron chi connectivity index (χ0n) is 16.1. The number of rotatable bonds is 7. The summed E-state index contributed by atoms with van der Waals surface area (Å²) in [5.74, 6) is 0.423. The molecule has 1 aliphatic rings. The van der Waals surface area contributed by atoms with E-state index in [2.05, 4.69) is 5.32 Å². The Bertz CT molecular complexity index is 866. The van der Waals surface area contributed by atoms with Gasteiger partial charge in [0.15, 0.2) is 5.76 Å². The van der Waals surface area contributed by atoms with Gasteiger partial charge in [0.25, 0.3) is 5.91 Å². The van der Waals surface area contributed by atoms with Gasteiger partial charge in [0.2, 0.25) is 0 Å². The van der Waals surface area contributed by atoms with Gasteiger partial charge in [-0.1, -0.05) is 6.07 Å². The highest BCUT2D eigenvalue weighted by Gasteiger charge is 2.25. The Kier molecular flexibility index (Phi) is 6.34. The number of fused-ring (bicyclic) bond motifs is 1. The monoisotopic (exact) mass is 385 g/mol. The minimum Gasteiger partial charge on any atom is -0.466 e. The van der Waals surface area contributed by atoms with Crippen LogP contribution >= 0.6 is 0 Å². The SMILES string of the molecule is CCOC(=O)CCC1CCC(NC(=O)c2occ3cc(C(=N)N)ccc23)CC1. The van der Waals surface area contributed by atoms with E-state index in [0.29, 0.717) is 29.9 Å². The molecule has 4 N–H and O–H groups in total. The van der Waals surface area contributed by atoms with Crippen molar-refractivity contribution in [3.63, 3.8) is 0 Å². The van der Waals surface area contributed by atoms with E-state index < -0.39 is 0 Å². The van der Waals surface area contributed by atoms with Crippen molar-refractivity contribution in [2.45, 2.75) is 51.5 Å². The molecule has 0 unspecified atom stereocenters. The maximum Gasteiger partial charge on any atom is 0.305 e. The van der Waals surface area contributed by atoms with Gasteiger partial charge in [-0.2, -0.15) is 0 Å². The number of ether oxygens (including phenoxy) is 1. The number of nitrogens with one attached hydrogen (secondary N) is 2. The van der Waals surface area contributed by atoms with Crippen LogP contribution in [0.15, 0.2) is 28.9 Å². The lowest BCUT2D eigenvalue weighted by atomic mass is 9.83. The van der Waals surface area contributed by atoms with E-state index >= 15 is 0 Å². The summed E-state index contributed by atoms with van der Waals surface area (Å²) in [6.45, 7) is 2.24. The Morgan fingerprint density at radius 1 is 1.29 bits per heavy atom. The van der Waals surface area contributed by atoms with Crippen molar-refractivity contribution in [2.75, 3.05) is 6.61 Å². The molecule has 0 aliphatic heterocycles. The molecule has 7 heteroatoms. The summed E-state index contributed by atoms with van der Waals surface area (Å²) in [6.07, 6.45) is 6.61. The first kappa shape index (κ1) is 19.9. The second-order valence-corrected chi connectivity index (χ2v) is 7.32. The number of nitrogen functional groups attached to an aromatic ring is 1. The Morgan fingerprint density at radius 3 is 2.71 bits per heavy atom. The lowest BCUT2D eigenvalue weighted by molar-refractivity contribution is -0.143. The quantitative estimate of drug-likeness (QED) is 0.384. The van der Waals surface area contributed by atoms with E-state index in [9.17, 15) is 9.59 Å². The standard InChI is InChI=1S/C21H27N3O4/c1-2-27-18(25)10-5-13-3-7-16(8-4-13)24-21(26)19-17-9-6-14(20(22)23)11-15(17)12-28-19/h6,9,11-13,16H,2-5,7-8,10H2,1H3,(H3,22,23)(H,24,26). The maximum absolute atomic E-state index is 12.6. The molecule has 1 saturated carbocycles. The number of carbonyl (C=O) groups excluding carboxylic acids is 2. The van der Waals surface area contributed by atoms with Crippen LogP contribution in [0.3, 0.4) is 0 Å². The lowest BCUT2D eigenvalue weighted by Crippen LogP contribution is -2.37. The average Bonchev–Trinajstić information content (AvgIpc) is 3.11. The highest BCUT2D eigenvalue weighted by Crippen LogP contribution is 2.29. The topological polar surface area (TPSA) is 118 Å². The molecule has 3 rings (SSSR count). The minimum atomic E-state index is -0.222. The van der Waals surface area contributed by atoms with Crippen LogP contribution < -0.4 is 11.1 Å². The van der Waals surface area contributed by atoms with Crippen LogP contribution in [0.1, 0.15) is 61.6 Å². The van der Waals surface area contributed by atoms with Crippen LogP contribution in [-0.2, 0) is 9.53 Å². The summed E-state index contributed by atoms with van der Waals surface area (Å²) in [7, 11) is 0. The number of hydrogen-bond donors (Lipinski definition) is 3. The molecule has 0 saturated heterocycles. The lowest BCUT2D eigenvalue weighted by Gasteiger charge is -2.28. The van der Waals surface area contributed by atoms with E-state index in [-0.39, 0.29) is 29.5 Å². The molecule has 1 aliphatic carbocycles. The van der Waals surface area contributed by atoms with Gasteiger partial charge in [-0.05, 0) is 57.1 Å². The van der Waals surface area contributed by atoms with Gasteiger partial charge < -0.3 is 20.2 Å². The third kappa shape index (κ3) is 4.71. The zero-order valence-corrected chi connectivity index (χ0v) is 16.1. The normalized spacial score (nSPS) is 19.3. The average molecular weight is 385 g/mol. The van der Waals surface area contributed by atoms with Gasteiger partial charge in [0.05, 0.1) is 12.9 Å². The molecule has 2 aromatic rings. The molecule has 1 aromatic heterocycles. The first-order chi connectivity index (χ1) is 13.5. The molecule has 0 radical (unpaired) electrons. The van der Waals surface area contributed by atoms with Crippen LogP contribution in [0, 0.1) is 11.3 Å². The van der Waals surface area contributed by atoms with E-state index in [0.717, 1.165) is 37.5 Å². The second-order valence-electron chi connectivity index (χ2n) is 7.32. The van der Waals surface area contributed by atoms with E-state index in [1.165, 1.54) is 6.26 Å². The molecule has 0 spiro atoms. The van der Waals surface area contributed by atoms with Crippen molar-refractivity contribution in [2.24, 2.45) is 11.7 Å². The largest absolute Gasteiger partial charge is 0.466 e. The van der Waals surface area contributed by atoms with Crippen molar-refractivity contribution >= 4 is 28.5 Å². The molecule has 1 aromatic carbocycles. The highest BCUT2D eigenvalue weighted by atomic mass is 16.5. The predicted octanol–water partition coefficient (Wildman–Crippen LogP) is 3.35. The summed E-state index contributed by atoms with van der Waals surface area (Å²) >= 11 is 0. The number of furan rings is 1. The number of carbonyl (C=O) groups is 2. The molecule has 7 nitrogen and oxygen atoms in total. The number of benzene rings is 1.